The lowest BCUT2D eigenvalue weighted by molar-refractivity contribution is 0.0471. The first-order valence-electron chi connectivity index (χ1n) is 10.9. The summed E-state index contributed by atoms with van der Waals surface area (Å²) in [6.07, 6.45) is 0. The van der Waals surface area contributed by atoms with Crippen molar-refractivity contribution in [3.05, 3.63) is 83.4 Å². The van der Waals surface area contributed by atoms with Crippen LogP contribution < -0.4 is 5.32 Å². The lowest BCUT2D eigenvalue weighted by atomic mass is 10.0. The normalized spacial score (nSPS) is 11.0. The number of aromatic hydroxyl groups is 2. The Morgan fingerprint density at radius 3 is 2.32 bits per heavy atom. The minimum Gasteiger partial charge on any atom is -0.508 e. The Bertz CT molecular complexity index is 1320. The van der Waals surface area contributed by atoms with Gasteiger partial charge in [0.05, 0.1) is 11.1 Å². The highest BCUT2D eigenvalue weighted by Crippen LogP contribution is 2.34. The van der Waals surface area contributed by atoms with Gasteiger partial charge in [-0.1, -0.05) is 56.3 Å². The van der Waals surface area contributed by atoms with E-state index in [2.05, 4.69) is 5.32 Å². The fraction of sp³-hybridized carbons (Fsp3) is 0.185. The van der Waals surface area contributed by atoms with E-state index in [-0.39, 0.29) is 29.6 Å². The molecule has 0 radical (unpaired) electrons. The van der Waals surface area contributed by atoms with Crippen molar-refractivity contribution in [2.45, 2.75) is 20.5 Å². The SMILES string of the molecule is CC(C)CNC(=O)c1c(-c2ccc(COC(=O)c3cc(O)cc(O)c3)cc2)oc2ccccc12. The van der Waals surface area contributed by atoms with E-state index in [9.17, 15) is 19.8 Å². The zero-order valence-electron chi connectivity index (χ0n) is 18.9. The van der Waals surface area contributed by atoms with Gasteiger partial charge in [-0.25, -0.2) is 4.79 Å². The van der Waals surface area contributed by atoms with Crippen LogP contribution in [0.25, 0.3) is 22.3 Å². The zero-order chi connectivity index (χ0) is 24.2. The van der Waals surface area contributed by atoms with Gasteiger partial charge in [-0.2, -0.15) is 0 Å². The lowest BCUT2D eigenvalue weighted by Gasteiger charge is -2.09. The molecule has 0 aliphatic rings. The molecule has 0 saturated heterocycles. The number of phenolic OH excluding ortho intramolecular Hbond substituents is 2. The van der Waals surface area contributed by atoms with Crippen molar-refractivity contribution in [1.82, 2.24) is 5.32 Å². The van der Waals surface area contributed by atoms with Crippen LogP contribution in [0, 0.1) is 5.92 Å². The Morgan fingerprint density at radius 2 is 1.65 bits per heavy atom. The van der Waals surface area contributed by atoms with Crippen LogP contribution in [-0.2, 0) is 11.3 Å². The molecular formula is C27H25NO6. The number of ether oxygens (including phenoxy) is 1. The number of nitrogens with one attached hydrogen (secondary N) is 1. The third-order valence-electron chi connectivity index (χ3n) is 5.22. The molecule has 4 aromatic rings. The second-order valence-electron chi connectivity index (χ2n) is 8.42. The average Bonchev–Trinajstić information content (AvgIpc) is 3.20. The number of carbonyl (C=O) groups excluding carboxylic acids is 2. The van der Waals surface area contributed by atoms with E-state index in [0.717, 1.165) is 22.6 Å². The van der Waals surface area contributed by atoms with Crippen LogP contribution in [0.3, 0.4) is 0 Å². The molecule has 174 valence electrons. The molecule has 0 aliphatic heterocycles. The van der Waals surface area contributed by atoms with Gasteiger partial charge >= 0.3 is 5.97 Å². The van der Waals surface area contributed by atoms with Crippen molar-refractivity contribution < 1.29 is 29.0 Å². The van der Waals surface area contributed by atoms with Crippen LogP contribution in [0.1, 0.15) is 40.1 Å². The van der Waals surface area contributed by atoms with E-state index in [1.807, 2.05) is 38.1 Å². The van der Waals surface area contributed by atoms with E-state index in [4.69, 9.17) is 9.15 Å². The smallest absolute Gasteiger partial charge is 0.338 e. The number of hydrogen-bond donors (Lipinski definition) is 3. The van der Waals surface area contributed by atoms with Crippen LogP contribution in [0.2, 0.25) is 0 Å². The third-order valence-corrected chi connectivity index (χ3v) is 5.22. The standard InChI is InChI=1S/C27H25NO6/c1-16(2)14-28-26(31)24-22-5-3-4-6-23(22)34-25(24)18-9-7-17(8-10-18)15-33-27(32)19-11-20(29)13-21(30)12-19/h3-13,16,29-30H,14-15H2,1-2H3,(H,28,31). The summed E-state index contributed by atoms with van der Waals surface area (Å²) in [5, 5.41) is 22.8. The van der Waals surface area contributed by atoms with Gasteiger partial charge in [-0.05, 0) is 29.7 Å². The molecule has 1 heterocycles. The maximum atomic E-state index is 13.0. The maximum absolute atomic E-state index is 13.0. The number of phenols is 2. The first kappa shape index (κ1) is 22.9. The van der Waals surface area contributed by atoms with Gasteiger partial charge in [0.1, 0.15) is 29.4 Å². The number of para-hydroxylation sites is 1. The molecule has 0 atom stereocenters. The van der Waals surface area contributed by atoms with E-state index >= 15 is 0 Å². The molecule has 1 amide bonds. The Kier molecular flexibility index (Phi) is 6.54. The van der Waals surface area contributed by atoms with Crippen LogP contribution in [0.5, 0.6) is 11.5 Å². The molecule has 4 rings (SSSR count). The van der Waals surface area contributed by atoms with Crippen molar-refractivity contribution >= 4 is 22.8 Å². The molecule has 7 nitrogen and oxygen atoms in total. The molecule has 3 aromatic carbocycles. The van der Waals surface area contributed by atoms with E-state index in [1.54, 1.807) is 24.3 Å². The number of amides is 1. The van der Waals surface area contributed by atoms with Gasteiger partial charge in [0, 0.05) is 23.6 Å². The maximum Gasteiger partial charge on any atom is 0.338 e. The molecule has 0 fully saturated rings. The number of hydrogen-bond acceptors (Lipinski definition) is 6. The minimum absolute atomic E-state index is 0.00259. The lowest BCUT2D eigenvalue weighted by Crippen LogP contribution is -2.27. The van der Waals surface area contributed by atoms with Crippen molar-refractivity contribution in [3.63, 3.8) is 0 Å². The summed E-state index contributed by atoms with van der Waals surface area (Å²) in [6, 6.07) is 18.2. The number of furan rings is 1. The number of fused-ring (bicyclic) bond motifs is 1. The van der Waals surface area contributed by atoms with Crippen LogP contribution in [0.4, 0.5) is 0 Å². The van der Waals surface area contributed by atoms with Gasteiger partial charge in [0.25, 0.3) is 5.91 Å². The first-order chi connectivity index (χ1) is 16.3. The van der Waals surface area contributed by atoms with Gasteiger partial charge in [-0.3, -0.25) is 4.79 Å². The third kappa shape index (κ3) is 5.04. The Hall–Kier alpha value is -4.26. The topological polar surface area (TPSA) is 109 Å². The van der Waals surface area contributed by atoms with Crippen LogP contribution in [-0.4, -0.2) is 28.6 Å². The second-order valence-corrected chi connectivity index (χ2v) is 8.42. The Morgan fingerprint density at radius 1 is 0.971 bits per heavy atom. The van der Waals surface area contributed by atoms with Crippen molar-refractivity contribution in [2.75, 3.05) is 6.54 Å². The fourth-order valence-electron chi connectivity index (χ4n) is 3.56. The molecule has 7 heteroatoms. The number of esters is 1. The highest BCUT2D eigenvalue weighted by molar-refractivity contribution is 6.11. The number of benzene rings is 3. The molecule has 1 aromatic heterocycles. The highest BCUT2D eigenvalue weighted by Gasteiger charge is 2.22. The van der Waals surface area contributed by atoms with E-state index in [1.165, 1.54) is 12.1 Å². The van der Waals surface area contributed by atoms with Crippen molar-refractivity contribution in [1.29, 1.82) is 0 Å². The molecular weight excluding hydrogens is 434 g/mol. The van der Waals surface area contributed by atoms with Gasteiger partial charge in [0.2, 0.25) is 0 Å². The summed E-state index contributed by atoms with van der Waals surface area (Å²) in [6.45, 7) is 4.61. The van der Waals surface area contributed by atoms with Crippen molar-refractivity contribution in [2.24, 2.45) is 5.92 Å². The Balaban J connectivity index is 1.54. The van der Waals surface area contributed by atoms with Crippen molar-refractivity contribution in [3.8, 4) is 22.8 Å². The summed E-state index contributed by atoms with van der Waals surface area (Å²) >= 11 is 0. The minimum atomic E-state index is -0.670. The summed E-state index contributed by atoms with van der Waals surface area (Å²) in [5.41, 5.74) is 2.61. The van der Waals surface area contributed by atoms with Crippen LogP contribution >= 0.6 is 0 Å². The summed E-state index contributed by atoms with van der Waals surface area (Å²) < 4.78 is 11.3. The van der Waals surface area contributed by atoms with E-state index < -0.39 is 5.97 Å². The van der Waals surface area contributed by atoms with Crippen LogP contribution in [0.15, 0.2) is 71.1 Å². The quantitative estimate of drug-likeness (QED) is 0.326. The molecule has 0 unspecified atom stereocenters. The molecule has 0 spiro atoms. The van der Waals surface area contributed by atoms with E-state index in [0.29, 0.717) is 29.4 Å². The number of rotatable bonds is 7. The second kappa shape index (κ2) is 9.70. The predicted molar refractivity (Wildman–Crippen MR) is 128 cm³/mol. The molecule has 34 heavy (non-hydrogen) atoms. The summed E-state index contributed by atoms with van der Waals surface area (Å²) in [7, 11) is 0. The molecule has 0 bridgehead atoms. The highest BCUT2D eigenvalue weighted by atomic mass is 16.5. The average molecular weight is 459 g/mol. The zero-order valence-corrected chi connectivity index (χ0v) is 18.9. The van der Waals surface area contributed by atoms with Gasteiger partial charge in [-0.15, -0.1) is 0 Å². The van der Waals surface area contributed by atoms with Gasteiger partial charge < -0.3 is 24.7 Å². The summed E-state index contributed by atoms with van der Waals surface area (Å²) in [4.78, 5) is 25.2. The number of carbonyl (C=O) groups is 2. The van der Waals surface area contributed by atoms with Gasteiger partial charge in [0.15, 0.2) is 0 Å². The molecule has 0 saturated carbocycles. The molecule has 0 aliphatic carbocycles. The first-order valence-corrected chi connectivity index (χ1v) is 10.9. The molecule has 3 N–H and O–H groups in total. The fourth-order valence-corrected chi connectivity index (χ4v) is 3.56. The summed E-state index contributed by atoms with van der Waals surface area (Å²) in [5.74, 6) is -0.527. The predicted octanol–water partition coefficient (Wildman–Crippen LogP) is 5.25. The Labute approximate surface area is 196 Å². The monoisotopic (exact) mass is 459 g/mol. The largest absolute Gasteiger partial charge is 0.508 e.